The number of ether oxygens (including phenoxy) is 1. The third-order valence-corrected chi connectivity index (χ3v) is 4.64. The van der Waals surface area contributed by atoms with E-state index in [2.05, 4.69) is 20.6 Å². The van der Waals surface area contributed by atoms with E-state index in [4.69, 9.17) is 5.26 Å². The Labute approximate surface area is 200 Å². The first-order chi connectivity index (χ1) is 16.9. The van der Waals surface area contributed by atoms with Gasteiger partial charge in [0.15, 0.2) is 0 Å². The standard InChI is InChI=1S/C24H16F6N4O2/c25-23(26,27)18-7-5-17(6-8-18)21(13-15-1-3-16(14-31)4-2-15)33-34-22(35)32-19-9-11-20(12-10-19)36-24(28,29)30/h1-12H,13H2,(H2,32,34,35). The smallest absolute Gasteiger partial charge is 0.406 e. The van der Waals surface area contributed by atoms with E-state index in [1.54, 1.807) is 24.3 Å². The highest BCUT2D eigenvalue weighted by atomic mass is 19.4. The zero-order chi connectivity index (χ0) is 26.3. The van der Waals surface area contributed by atoms with Crippen LogP contribution in [0, 0.1) is 11.3 Å². The van der Waals surface area contributed by atoms with Gasteiger partial charge in [-0.25, -0.2) is 10.2 Å². The van der Waals surface area contributed by atoms with Crippen LogP contribution >= 0.6 is 0 Å². The number of nitrogens with zero attached hydrogens (tertiary/aromatic N) is 2. The van der Waals surface area contributed by atoms with Crippen LogP contribution in [0.25, 0.3) is 0 Å². The number of nitriles is 1. The van der Waals surface area contributed by atoms with Crippen molar-refractivity contribution in [1.29, 1.82) is 5.26 Å². The summed E-state index contributed by atoms with van der Waals surface area (Å²) in [6.45, 7) is 0. The molecule has 0 radical (unpaired) electrons. The molecule has 0 bridgehead atoms. The van der Waals surface area contributed by atoms with Crippen molar-refractivity contribution in [1.82, 2.24) is 5.43 Å². The average Bonchev–Trinajstić information content (AvgIpc) is 2.82. The summed E-state index contributed by atoms with van der Waals surface area (Å²) < 4.78 is 79.3. The Balaban J connectivity index is 1.76. The summed E-state index contributed by atoms with van der Waals surface area (Å²) in [6.07, 6.45) is -9.27. The molecule has 0 aliphatic heterocycles. The maximum absolute atomic E-state index is 12.9. The molecule has 36 heavy (non-hydrogen) atoms. The van der Waals surface area contributed by atoms with Gasteiger partial charge in [-0.3, -0.25) is 0 Å². The fourth-order valence-corrected chi connectivity index (χ4v) is 2.97. The van der Waals surface area contributed by atoms with E-state index in [0.717, 1.165) is 24.3 Å². The zero-order valence-corrected chi connectivity index (χ0v) is 18.1. The van der Waals surface area contributed by atoms with Crippen LogP contribution in [-0.4, -0.2) is 18.1 Å². The van der Waals surface area contributed by atoms with E-state index in [-0.39, 0.29) is 17.8 Å². The highest BCUT2D eigenvalue weighted by Crippen LogP contribution is 2.29. The average molecular weight is 506 g/mol. The SMILES string of the molecule is N#Cc1ccc(CC(=NNC(=O)Nc2ccc(OC(F)(F)F)cc2)c2ccc(C(F)(F)F)cc2)cc1. The molecular weight excluding hydrogens is 490 g/mol. The summed E-state index contributed by atoms with van der Waals surface area (Å²) in [5.41, 5.74) is 3.12. The van der Waals surface area contributed by atoms with E-state index in [0.29, 0.717) is 16.7 Å². The van der Waals surface area contributed by atoms with Crippen LogP contribution < -0.4 is 15.5 Å². The third kappa shape index (κ3) is 7.76. The molecule has 2 amide bonds. The quantitative estimate of drug-likeness (QED) is 0.236. The molecule has 12 heteroatoms. The second-order valence-electron chi connectivity index (χ2n) is 7.26. The summed E-state index contributed by atoms with van der Waals surface area (Å²) >= 11 is 0. The lowest BCUT2D eigenvalue weighted by Gasteiger charge is -2.12. The Hall–Kier alpha value is -4.53. The molecule has 2 N–H and O–H groups in total. The highest BCUT2D eigenvalue weighted by molar-refractivity contribution is 6.02. The van der Waals surface area contributed by atoms with E-state index < -0.39 is 29.9 Å². The number of hydrogen-bond donors (Lipinski definition) is 2. The number of carbonyl (C=O) groups excluding carboxylic acids is 1. The maximum Gasteiger partial charge on any atom is 0.573 e. The van der Waals surface area contributed by atoms with Crippen LogP contribution in [0.4, 0.5) is 36.8 Å². The number of alkyl halides is 6. The number of hydrazone groups is 1. The Kier molecular flexibility index (Phi) is 7.83. The summed E-state index contributed by atoms with van der Waals surface area (Å²) in [4.78, 5) is 12.3. The molecule has 0 fully saturated rings. The van der Waals surface area contributed by atoms with Crippen molar-refractivity contribution in [2.75, 3.05) is 5.32 Å². The first-order valence-corrected chi connectivity index (χ1v) is 10.1. The van der Waals surface area contributed by atoms with E-state index >= 15 is 0 Å². The van der Waals surface area contributed by atoms with Gasteiger partial charge in [0.1, 0.15) is 5.75 Å². The van der Waals surface area contributed by atoms with Crippen molar-refractivity contribution in [2.45, 2.75) is 19.0 Å². The minimum Gasteiger partial charge on any atom is -0.406 e. The van der Waals surface area contributed by atoms with Crippen molar-refractivity contribution in [2.24, 2.45) is 5.10 Å². The van der Waals surface area contributed by atoms with Crippen molar-refractivity contribution in [3.63, 3.8) is 0 Å². The van der Waals surface area contributed by atoms with Gasteiger partial charge < -0.3 is 10.1 Å². The number of carbonyl (C=O) groups is 1. The molecule has 0 saturated heterocycles. The topological polar surface area (TPSA) is 86.5 Å². The summed E-state index contributed by atoms with van der Waals surface area (Å²) in [5.74, 6) is -0.474. The van der Waals surface area contributed by atoms with E-state index in [1.807, 2.05) is 6.07 Å². The summed E-state index contributed by atoms with van der Waals surface area (Å²) in [7, 11) is 0. The minimum absolute atomic E-state index is 0.112. The lowest BCUT2D eigenvalue weighted by Crippen LogP contribution is -2.26. The number of hydrogen-bond acceptors (Lipinski definition) is 4. The summed E-state index contributed by atoms with van der Waals surface area (Å²) in [6, 6.07) is 16.1. The second-order valence-corrected chi connectivity index (χ2v) is 7.26. The van der Waals surface area contributed by atoms with Crippen molar-refractivity contribution in [3.8, 4) is 11.8 Å². The van der Waals surface area contributed by atoms with Gasteiger partial charge in [-0.1, -0.05) is 24.3 Å². The molecule has 0 spiro atoms. The monoisotopic (exact) mass is 506 g/mol. The number of halogens is 6. The van der Waals surface area contributed by atoms with E-state index in [1.165, 1.54) is 24.3 Å². The molecular formula is C24H16F6N4O2. The Morgan fingerprint density at radius 3 is 2.03 bits per heavy atom. The normalized spacial score (nSPS) is 12.0. The lowest BCUT2D eigenvalue weighted by atomic mass is 10.0. The van der Waals surface area contributed by atoms with Crippen molar-refractivity contribution in [3.05, 3.63) is 95.1 Å². The molecule has 3 rings (SSSR count). The number of rotatable bonds is 6. The molecule has 6 nitrogen and oxygen atoms in total. The molecule has 0 saturated carbocycles. The van der Waals surface area contributed by atoms with Gasteiger partial charge in [0.05, 0.1) is 22.9 Å². The van der Waals surface area contributed by atoms with Crippen LogP contribution in [0.1, 0.15) is 22.3 Å². The third-order valence-electron chi connectivity index (χ3n) is 4.64. The van der Waals surface area contributed by atoms with Gasteiger partial charge in [-0.15, -0.1) is 13.2 Å². The molecule has 0 aromatic heterocycles. The number of anilines is 1. The van der Waals surface area contributed by atoms with Gasteiger partial charge >= 0.3 is 18.6 Å². The van der Waals surface area contributed by atoms with Gasteiger partial charge in [-0.05, 0) is 59.7 Å². The zero-order valence-electron chi connectivity index (χ0n) is 18.1. The van der Waals surface area contributed by atoms with Gasteiger partial charge in [0.25, 0.3) is 0 Å². The van der Waals surface area contributed by atoms with Gasteiger partial charge in [-0.2, -0.15) is 23.5 Å². The molecule has 0 unspecified atom stereocenters. The van der Waals surface area contributed by atoms with Gasteiger partial charge in [0, 0.05) is 12.1 Å². The van der Waals surface area contributed by atoms with Crippen LogP contribution in [0.2, 0.25) is 0 Å². The van der Waals surface area contributed by atoms with Crippen molar-refractivity contribution >= 4 is 17.4 Å². The van der Waals surface area contributed by atoms with E-state index in [9.17, 15) is 31.1 Å². The number of urea groups is 1. The fraction of sp³-hybridized carbons (Fsp3) is 0.125. The predicted molar refractivity (Wildman–Crippen MR) is 118 cm³/mol. The Morgan fingerprint density at radius 1 is 0.889 bits per heavy atom. The van der Waals surface area contributed by atoms with Crippen molar-refractivity contribution < 1.29 is 35.9 Å². The highest BCUT2D eigenvalue weighted by Gasteiger charge is 2.31. The van der Waals surface area contributed by atoms with Crippen LogP contribution in [-0.2, 0) is 12.6 Å². The second kappa shape index (κ2) is 10.8. The van der Waals surface area contributed by atoms with Gasteiger partial charge in [0.2, 0.25) is 0 Å². The largest absolute Gasteiger partial charge is 0.573 e. The van der Waals surface area contributed by atoms with Crippen LogP contribution in [0.5, 0.6) is 5.75 Å². The molecule has 186 valence electrons. The fourth-order valence-electron chi connectivity index (χ4n) is 2.97. The number of benzene rings is 3. The Morgan fingerprint density at radius 2 is 1.50 bits per heavy atom. The van der Waals surface area contributed by atoms with Crippen LogP contribution in [0.15, 0.2) is 77.9 Å². The number of nitrogens with one attached hydrogen (secondary N) is 2. The minimum atomic E-state index is -4.86. The number of amides is 2. The molecule has 0 heterocycles. The Bertz CT molecular complexity index is 1260. The predicted octanol–water partition coefficient (Wildman–Crippen LogP) is 6.24. The maximum atomic E-state index is 12.9. The molecule has 3 aromatic carbocycles. The first-order valence-electron chi connectivity index (χ1n) is 10.1. The first kappa shape index (κ1) is 26.1. The summed E-state index contributed by atoms with van der Waals surface area (Å²) in [5, 5.41) is 15.3. The van der Waals surface area contributed by atoms with Crippen LogP contribution in [0.3, 0.4) is 0 Å². The molecule has 0 aliphatic rings. The molecule has 0 atom stereocenters. The molecule has 0 aliphatic carbocycles. The molecule has 3 aromatic rings. The lowest BCUT2D eigenvalue weighted by molar-refractivity contribution is -0.274.